The summed E-state index contributed by atoms with van der Waals surface area (Å²) in [6, 6.07) is 9.68. The summed E-state index contributed by atoms with van der Waals surface area (Å²) < 4.78 is 4.91. The molecule has 0 fully saturated rings. The standard InChI is InChI=1S/C7H8O.C3H7NO/c1-8-7-5-3-2-4-6-7;4-2-1-3-5/h2-6H,1H3;3H,1-2,4H2. The first-order valence-corrected chi connectivity index (χ1v) is 4.08. The summed E-state index contributed by atoms with van der Waals surface area (Å²) in [4.78, 5) is 9.32. The van der Waals surface area contributed by atoms with Crippen LogP contribution in [-0.2, 0) is 4.79 Å². The largest absolute Gasteiger partial charge is 0.497 e. The number of methoxy groups -OCH3 is 1. The minimum atomic E-state index is 0.476. The molecular weight excluding hydrogens is 166 g/mol. The third-order valence-electron chi connectivity index (χ3n) is 1.26. The highest BCUT2D eigenvalue weighted by molar-refractivity contribution is 5.49. The molecule has 0 amide bonds. The molecule has 0 aliphatic rings. The van der Waals surface area contributed by atoms with Crippen LogP contribution in [0, 0.1) is 0 Å². The van der Waals surface area contributed by atoms with Crippen LogP contribution in [0.15, 0.2) is 30.3 Å². The second-order valence-corrected chi connectivity index (χ2v) is 2.26. The Bertz CT molecular complexity index is 211. The average Bonchev–Trinajstić information content (AvgIpc) is 2.21. The average molecular weight is 181 g/mol. The first kappa shape index (κ1) is 11.6. The van der Waals surface area contributed by atoms with E-state index in [9.17, 15) is 4.79 Å². The molecule has 0 heterocycles. The summed E-state index contributed by atoms with van der Waals surface area (Å²) in [6.07, 6.45) is 1.29. The Kier molecular flexibility index (Phi) is 7.84. The van der Waals surface area contributed by atoms with Crippen molar-refractivity contribution in [2.45, 2.75) is 6.42 Å². The lowest BCUT2D eigenvalue weighted by molar-refractivity contribution is -0.107. The van der Waals surface area contributed by atoms with Gasteiger partial charge in [-0.2, -0.15) is 0 Å². The molecule has 1 rings (SSSR count). The van der Waals surface area contributed by atoms with Gasteiger partial charge < -0.3 is 15.3 Å². The highest BCUT2D eigenvalue weighted by atomic mass is 16.5. The number of rotatable bonds is 3. The number of benzene rings is 1. The Morgan fingerprint density at radius 1 is 1.38 bits per heavy atom. The summed E-state index contributed by atoms with van der Waals surface area (Å²) in [5.41, 5.74) is 4.91. The van der Waals surface area contributed by atoms with Gasteiger partial charge in [-0.15, -0.1) is 0 Å². The highest BCUT2D eigenvalue weighted by Crippen LogP contribution is 2.05. The van der Waals surface area contributed by atoms with Crippen molar-refractivity contribution in [2.75, 3.05) is 13.7 Å². The molecule has 0 radical (unpaired) electrons. The zero-order chi connectivity index (χ0) is 9.94. The van der Waals surface area contributed by atoms with Crippen molar-refractivity contribution in [3.63, 3.8) is 0 Å². The summed E-state index contributed by atoms with van der Waals surface area (Å²) in [5.74, 6) is 0.910. The minimum absolute atomic E-state index is 0.476. The number of para-hydroxylation sites is 1. The van der Waals surface area contributed by atoms with Crippen molar-refractivity contribution < 1.29 is 9.53 Å². The fourth-order valence-corrected chi connectivity index (χ4v) is 0.625. The SMILES string of the molecule is COc1ccccc1.NCCC=O. The number of hydrogen-bond donors (Lipinski definition) is 1. The Morgan fingerprint density at radius 2 is 2.00 bits per heavy atom. The Hall–Kier alpha value is -1.35. The summed E-state index contributed by atoms with van der Waals surface area (Å²) in [7, 11) is 1.66. The molecule has 0 saturated carbocycles. The van der Waals surface area contributed by atoms with E-state index in [-0.39, 0.29) is 0 Å². The normalized spacial score (nSPS) is 8.15. The van der Waals surface area contributed by atoms with Crippen LogP contribution in [0.1, 0.15) is 6.42 Å². The molecule has 0 aromatic heterocycles. The maximum atomic E-state index is 9.32. The lowest BCUT2D eigenvalue weighted by Crippen LogP contribution is -1.97. The Morgan fingerprint density at radius 3 is 2.23 bits per heavy atom. The van der Waals surface area contributed by atoms with Crippen molar-refractivity contribution >= 4 is 6.29 Å². The van der Waals surface area contributed by atoms with E-state index in [0.29, 0.717) is 13.0 Å². The smallest absolute Gasteiger partial charge is 0.121 e. The monoisotopic (exact) mass is 181 g/mol. The van der Waals surface area contributed by atoms with Crippen molar-refractivity contribution in [3.05, 3.63) is 30.3 Å². The van der Waals surface area contributed by atoms with E-state index in [1.807, 2.05) is 30.3 Å². The molecule has 1 aromatic carbocycles. The fourth-order valence-electron chi connectivity index (χ4n) is 0.625. The number of ether oxygens (including phenoxy) is 1. The van der Waals surface area contributed by atoms with Gasteiger partial charge in [-0.1, -0.05) is 18.2 Å². The maximum absolute atomic E-state index is 9.32. The summed E-state index contributed by atoms with van der Waals surface area (Å²) in [6.45, 7) is 0.476. The number of carbonyl (C=O) groups excluding carboxylic acids is 1. The zero-order valence-corrected chi connectivity index (χ0v) is 7.77. The molecule has 0 saturated heterocycles. The van der Waals surface area contributed by atoms with E-state index in [0.717, 1.165) is 12.0 Å². The van der Waals surface area contributed by atoms with Gasteiger partial charge in [-0.05, 0) is 18.7 Å². The van der Waals surface area contributed by atoms with Crippen molar-refractivity contribution in [3.8, 4) is 5.75 Å². The maximum Gasteiger partial charge on any atom is 0.121 e. The van der Waals surface area contributed by atoms with E-state index in [1.165, 1.54) is 0 Å². The number of hydrogen-bond acceptors (Lipinski definition) is 3. The van der Waals surface area contributed by atoms with Crippen LogP contribution in [0.2, 0.25) is 0 Å². The van der Waals surface area contributed by atoms with Gasteiger partial charge >= 0.3 is 0 Å². The van der Waals surface area contributed by atoms with Gasteiger partial charge in [0.2, 0.25) is 0 Å². The zero-order valence-electron chi connectivity index (χ0n) is 7.77. The second kappa shape index (κ2) is 8.74. The molecule has 1 aromatic rings. The quantitative estimate of drug-likeness (QED) is 0.713. The van der Waals surface area contributed by atoms with E-state index in [2.05, 4.69) is 0 Å². The van der Waals surface area contributed by atoms with Crippen LogP contribution in [0.25, 0.3) is 0 Å². The molecule has 13 heavy (non-hydrogen) atoms. The van der Waals surface area contributed by atoms with Crippen LogP contribution < -0.4 is 10.5 Å². The van der Waals surface area contributed by atoms with Crippen LogP contribution >= 0.6 is 0 Å². The molecule has 72 valence electrons. The number of nitrogens with two attached hydrogens (primary N) is 1. The van der Waals surface area contributed by atoms with Crippen LogP contribution in [-0.4, -0.2) is 19.9 Å². The molecule has 0 aliphatic carbocycles. The van der Waals surface area contributed by atoms with E-state index in [1.54, 1.807) is 7.11 Å². The molecule has 2 N–H and O–H groups in total. The van der Waals surface area contributed by atoms with E-state index in [4.69, 9.17) is 10.5 Å². The summed E-state index contributed by atoms with van der Waals surface area (Å²) in [5, 5.41) is 0. The Balaban J connectivity index is 0.000000252. The third-order valence-corrected chi connectivity index (χ3v) is 1.26. The topological polar surface area (TPSA) is 52.3 Å². The van der Waals surface area contributed by atoms with E-state index < -0.39 is 0 Å². The second-order valence-electron chi connectivity index (χ2n) is 2.26. The molecule has 0 atom stereocenters. The fraction of sp³-hybridized carbons (Fsp3) is 0.300. The molecule has 0 aliphatic heterocycles. The predicted octanol–water partition coefficient (Wildman–Crippen LogP) is 1.23. The van der Waals surface area contributed by atoms with Crippen molar-refractivity contribution in [1.82, 2.24) is 0 Å². The van der Waals surface area contributed by atoms with Gasteiger partial charge in [0.25, 0.3) is 0 Å². The molecule has 3 nitrogen and oxygen atoms in total. The van der Waals surface area contributed by atoms with Crippen LogP contribution in [0.5, 0.6) is 5.75 Å². The van der Waals surface area contributed by atoms with Gasteiger partial charge in [-0.3, -0.25) is 0 Å². The number of carbonyl (C=O) groups is 1. The van der Waals surface area contributed by atoms with Crippen LogP contribution in [0.3, 0.4) is 0 Å². The summed E-state index contributed by atoms with van der Waals surface area (Å²) >= 11 is 0. The van der Waals surface area contributed by atoms with Gasteiger partial charge in [0, 0.05) is 6.42 Å². The van der Waals surface area contributed by atoms with Crippen molar-refractivity contribution in [1.29, 1.82) is 0 Å². The molecule has 0 unspecified atom stereocenters. The Labute approximate surface area is 78.5 Å². The molecule has 0 spiro atoms. The van der Waals surface area contributed by atoms with Gasteiger partial charge in [0.05, 0.1) is 7.11 Å². The van der Waals surface area contributed by atoms with Gasteiger partial charge in [0.15, 0.2) is 0 Å². The highest BCUT2D eigenvalue weighted by Gasteiger charge is 1.80. The van der Waals surface area contributed by atoms with Crippen LogP contribution in [0.4, 0.5) is 0 Å². The number of aldehydes is 1. The minimum Gasteiger partial charge on any atom is -0.497 e. The molecule has 0 bridgehead atoms. The first-order valence-electron chi connectivity index (χ1n) is 4.08. The first-order chi connectivity index (χ1) is 6.35. The van der Waals surface area contributed by atoms with Crippen molar-refractivity contribution in [2.24, 2.45) is 5.73 Å². The predicted molar refractivity (Wildman–Crippen MR) is 52.7 cm³/mol. The lowest BCUT2D eigenvalue weighted by Gasteiger charge is -1.93. The van der Waals surface area contributed by atoms with E-state index >= 15 is 0 Å². The lowest BCUT2D eigenvalue weighted by atomic mass is 10.3. The molecular formula is C10H15NO2. The van der Waals surface area contributed by atoms with Gasteiger partial charge in [-0.25, -0.2) is 0 Å². The van der Waals surface area contributed by atoms with Gasteiger partial charge in [0.1, 0.15) is 12.0 Å². The molecule has 3 heteroatoms. The third kappa shape index (κ3) is 7.03.